The van der Waals surface area contributed by atoms with Gasteiger partial charge in [0, 0.05) is 18.4 Å². The Labute approximate surface area is 115 Å². The van der Waals surface area contributed by atoms with Crippen molar-refractivity contribution < 1.29 is 9.18 Å². The van der Waals surface area contributed by atoms with Crippen LogP contribution in [0.25, 0.3) is 10.8 Å². The van der Waals surface area contributed by atoms with Gasteiger partial charge in [0.15, 0.2) is 0 Å². The van der Waals surface area contributed by atoms with Crippen molar-refractivity contribution in [2.75, 3.05) is 13.6 Å². The van der Waals surface area contributed by atoms with Gasteiger partial charge in [-0.05, 0) is 25.6 Å². The van der Waals surface area contributed by atoms with Crippen molar-refractivity contribution in [1.29, 1.82) is 0 Å². The molecule has 1 aromatic carbocycles. The first-order valence-electron chi connectivity index (χ1n) is 6.43. The van der Waals surface area contributed by atoms with Gasteiger partial charge < -0.3 is 10.1 Å². The summed E-state index contributed by atoms with van der Waals surface area (Å²) in [5, 5.41) is 7.53. The monoisotopic (exact) mass is 277 g/mol. The molecule has 0 fully saturated rings. The highest BCUT2D eigenvalue weighted by Crippen LogP contribution is 2.15. The van der Waals surface area contributed by atoms with Crippen LogP contribution >= 0.6 is 0 Å². The molecule has 0 aliphatic carbocycles. The minimum absolute atomic E-state index is 0.215. The van der Waals surface area contributed by atoms with Gasteiger partial charge in [0.05, 0.1) is 17.6 Å². The molecule has 1 aromatic heterocycles. The Balaban J connectivity index is 2.50. The lowest BCUT2D eigenvalue weighted by molar-refractivity contribution is -0.108. The summed E-state index contributed by atoms with van der Waals surface area (Å²) in [5.41, 5.74) is -0.340. The molecule has 20 heavy (non-hydrogen) atoms. The highest BCUT2D eigenvalue weighted by atomic mass is 19.1. The van der Waals surface area contributed by atoms with E-state index in [1.54, 1.807) is 13.1 Å². The number of hydrogen-bond donors (Lipinski definition) is 1. The summed E-state index contributed by atoms with van der Waals surface area (Å²) in [4.78, 5) is 22.9. The molecule has 0 bridgehead atoms. The van der Waals surface area contributed by atoms with Crippen LogP contribution in [0.5, 0.6) is 0 Å². The van der Waals surface area contributed by atoms with E-state index < -0.39 is 5.82 Å². The summed E-state index contributed by atoms with van der Waals surface area (Å²) >= 11 is 0. The first-order chi connectivity index (χ1) is 9.69. The number of halogens is 1. The Morgan fingerprint density at radius 1 is 1.45 bits per heavy atom. The van der Waals surface area contributed by atoms with Gasteiger partial charge >= 0.3 is 0 Å². The number of hydrogen-bond acceptors (Lipinski definition) is 4. The lowest BCUT2D eigenvalue weighted by atomic mass is 10.1. The Hall–Kier alpha value is -2.08. The van der Waals surface area contributed by atoms with Gasteiger partial charge in [-0.2, -0.15) is 5.10 Å². The van der Waals surface area contributed by atoms with Crippen molar-refractivity contribution in [2.24, 2.45) is 0 Å². The summed E-state index contributed by atoms with van der Waals surface area (Å²) in [7, 11) is 1.76. The number of fused-ring (bicyclic) bond motifs is 1. The molecule has 0 saturated heterocycles. The van der Waals surface area contributed by atoms with E-state index >= 15 is 0 Å². The van der Waals surface area contributed by atoms with Crippen molar-refractivity contribution in [3.8, 4) is 0 Å². The van der Waals surface area contributed by atoms with Gasteiger partial charge in [-0.15, -0.1) is 0 Å². The van der Waals surface area contributed by atoms with Crippen LogP contribution in [-0.2, 0) is 4.79 Å². The zero-order valence-electron chi connectivity index (χ0n) is 11.2. The maximum atomic E-state index is 13.6. The number of aromatic nitrogens is 2. The van der Waals surface area contributed by atoms with Crippen LogP contribution in [0.1, 0.15) is 18.9 Å². The molecule has 0 aliphatic rings. The normalized spacial score (nSPS) is 12.5. The number of rotatable bonds is 6. The maximum Gasteiger partial charge on any atom is 0.275 e. The van der Waals surface area contributed by atoms with E-state index in [9.17, 15) is 14.0 Å². The molecule has 1 atom stereocenters. The first kappa shape index (κ1) is 14.3. The summed E-state index contributed by atoms with van der Waals surface area (Å²) in [6.45, 7) is 0.515. The molecular weight excluding hydrogens is 261 g/mol. The molecule has 0 radical (unpaired) electrons. The van der Waals surface area contributed by atoms with Crippen molar-refractivity contribution in [1.82, 2.24) is 15.1 Å². The van der Waals surface area contributed by atoms with Gasteiger partial charge in [0.2, 0.25) is 0 Å². The quantitative estimate of drug-likeness (QED) is 0.808. The van der Waals surface area contributed by atoms with E-state index in [1.165, 1.54) is 23.0 Å². The summed E-state index contributed by atoms with van der Waals surface area (Å²) < 4.78 is 14.9. The second kappa shape index (κ2) is 6.38. The molecule has 0 aliphatic heterocycles. The highest BCUT2D eigenvalue weighted by Gasteiger charge is 2.15. The van der Waals surface area contributed by atoms with Crippen LogP contribution in [0.15, 0.2) is 29.2 Å². The molecule has 2 rings (SSSR count). The van der Waals surface area contributed by atoms with Crippen molar-refractivity contribution in [2.45, 2.75) is 18.9 Å². The van der Waals surface area contributed by atoms with Crippen LogP contribution in [0, 0.1) is 5.82 Å². The van der Waals surface area contributed by atoms with Gasteiger partial charge in [-0.1, -0.05) is 6.07 Å². The topological polar surface area (TPSA) is 64.0 Å². The number of likely N-dealkylation sites (N-methyl/N-ethyl adjacent to an activating group) is 1. The largest absolute Gasteiger partial charge is 0.318 e. The van der Waals surface area contributed by atoms with Gasteiger partial charge in [0.25, 0.3) is 5.56 Å². The van der Waals surface area contributed by atoms with Gasteiger partial charge in [0.1, 0.15) is 12.1 Å². The zero-order valence-corrected chi connectivity index (χ0v) is 11.2. The van der Waals surface area contributed by atoms with E-state index in [2.05, 4.69) is 10.4 Å². The smallest absolute Gasteiger partial charge is 0.275 e. The fraction of sp³-hybridized carbons (Fsp3) is 0.357. The second-order valence-corrected chi connectivity index (χ2v) is 4.55. The molecule has 1 unspecified atom stereocenters. The summed E-state index contributed by atoms with van der Waals surface area (Å²) in [5.74, 6) is -0.461. The first-order valence-corrected chi connectivity index (χ1v) is 6.43. The third-order valence-electron chi connectivity index (χ3n) is 3.21. The Morgan fingerprint density at radius 3 is 2.95 bits per heavy atom. The third-order valence-corrected chi connectivity index (χ3v) is 3.21. The number of benzene rings is 1. The van der Waals surface area contributed by atoms with Crippen LogP contribution in [0.2, 0.25) is 0 Å². The minimum Gasteiger partial charge on any atom is -0.318 e. The number of aldehydes is 1. The van der Waals surface area contributed by atoms with Crippen molar-refractivity contribution in [3.63, 3.8) is 0 Å². The van der Waals surface area contributed by atoms with Crippen LogP contribution in [0.3, 0.4) is 0 Å². The fourth-order valence-electron chi connectivity index (χ4n) is 2.22. The van der Waals surface area contributed by atoms with Crippen LogP contribution < -0.4 is 10.9 Å². The van der Waals surface area contributed by atoms with Crippen LogP contribution in [0.4, 0.5) is 4.39 Å². The SMILES string of the molecule is CNCC(CCC=O)n1ncc2c(F)cccc2c1=O. The predicted octanol–water partition coefficient (Wildman–Crippen LogP) is 1.28. The standard InChI is InChI=1S/C14H16FN3O2/c1-16-8-10(4-3-7-19)18-14(20)11-5-2-6-13(15)12(11)9-17-18/h2,5-7,9-10,16H,3-4,8H2,1H3. The number of carbonyl (C=O) groups excluding carboxylic acids is 1. The second-order valence-electron chi connectivity index (χ2n) is 4.55. The van der Waals surface area contributed by atoms with E-state index in [0.29, 0.717) is 24.8 Å². The van der Waals surface area contributed by atoms with E-state index in [-0.39, 0.29) is 17.0 Å². The summed E-state index contributed by atoms with van der Waals surface area (Å²) in [6.07, 6.45) is 3.03. The molecule has 6 heteroatoms. The number of nitrogens with zero attached hydrogens (tertiary/aromatic N) is 2. The molecule has 5 nitrogen and oxygen atoms in total. The molecule has 0 amide bonds. The zero-order chi connectivity index (χ0) is 14.5. The molecule has 0 spiro atoms. The predicted molar refractivity (Wildman–Crippen MR) is 74.2 cm³/mol. The molecule has 0 saturated carbocycles. The van der Waals surface area contributed by atoms with E-state index in [0.717, 1.165) is 6.29 Å². The summed E-state index contributed by atoms with van der Waals surface area (Å²) in [6, 6.07) is 4.15. The lowest BCUT2D eigenvalue weighted by Crippen LogP contribution is -2.33. The number of nitrogens with one attached hydrogen (secondary N) is 1. The minimum atomic E-state index is -0.461. The molecule has 1 heterocycles. The lowest BCUT2D eigenvalue weighted by Gasteiger charge is -2.17. The average molecular weight is 277 g/mol. The van der Waals surface area contributed by atoms with Crippen LogP contribution in [-0.4, -0.2) is 29.7 Å². The Bertz CT molecular complexity index is 669. The van der Waals surface area contributed by atoms with E-state index in [4.69, 9.17) is 0 Å². The molecular formula is C14H16FN3O2. The Morgan fingerprint density at radius 2 is 2.25 bits per heavy atom. The Kier molecular flexibility index (Phi) is 4.57. The highest BCUT2D eigenvalue weighted by molar-refractivity contribution is 5.81. The number of carbonyl (C=O) groups is 1. The average Bonchev–Trinajstić information content (AvgIpc) is 2.45. The molecule has 106 valence electrons. The fourth-order valence-corrected chi connectivity index (χ4v) is 2.22. The van der Waals surface area contributed by atoms with Crippen molar-refractivity contribution in [3.05, 3.63) is 40.6 Å². The van der Waals surface area contributed by atoms with Gasteiger partial charge in [-0.3, -0.25) is 4.79 Å². The molecule has 2 aromatic rings. The van der Waals surface area contributed by atoms with Crippen molar-refractivity contribution >= 4 is 17.1 Å². The maximum absolute atomic E-state index is 13.6. The third kappa shape index (κ3) is 2.75. The van der Waals surface area contributed by atoms with E-state index in [1.807, 2.05) is 0 Å². The van der Waals surface area contributed by atoms with Gasteiger partial charge in [-0.25, -0.2) is 9.07 Å². The molecule has 1 N–H and O–H groups in total.